The lowest BCUT2D eigenvalue weighted by molar-refractivity contribution is 0.128. The smallest absolute Gasteiger partial charge is 0.187 e. The maximum absolute atomic E-state index is 13.6. The van der Waals surface area contributed by atoms with Crippen LogP contribution in [0.5, 0.6) is 0 Å². The van der Waals surface area contributed by atoms with E-state index in [4.69, 9.17) is 10.6 Å². The molecule has 3 N–H and O–H groups in total. The zero-order chi connectivity index (χ0) is 13.8. The molecular weight excluding hydrogens is 247 g/mol. The van der Waals surface area contributed by atoms with Gasteiger partial charge in [0.1, 0.15) is 6.10 Å². The molecule has 0 aliphatic heterocycles. The van der Waals surface area contributed by atoms with Crippen LogP contribution < -0.4 is 11.3 Å². The van der Waals surface area contributed by atoms with Gasteiger partial charge >= 0.3 is 0 Å². The number of nitrogen functional groups attached to an aromatic ring is 1. The number of ether oxygens (including phenoxy) is 1. The molecule has 0 fully saturated rings. The van der Waals surface area contributed by atoms with Gasteiger partial charge in [-0.05, 0) is 12.5 Å². The first-order valence-corrected chi connectivity index (χ1v) is 5.75. The van der Waals surface area contributed by atoms with Gasteiger partial charge in [0.05, 0.1) is 5.69 Å². The maximum Gasteiger partial charge on any atom is 0.187 e. The van der Waals surface area contributed by atoms with Crippen LogP contribution in [0.15, 0.2) is 30.3 Å². The van der Waals surface area contributed by atoms with Crippen LogP contribution in [0.2, 0.25) is 0 Å². The summed E-state index contributed by atoms with van der Waals surface area (Å²) < 4.78 is 19.0. The highest BCUT2D eigenvalue weighted by Crippen LogP contribution is 2.24. The molecule has 0 radical (unpaired) electrons. The van der Waals surface area contributed by atoms with Gasteiger partial charge in [-0.25, -0.2) is 20.2 Å². The predicted molar refractivity (Wildman–Crippen MR) is 69.8 cm³/mol. The normalized spacial score (nSPS) is 12.2. The number of nitrogens with zero attached hydrogens (tertiary/aromatic N) is 2. The highest BCUT2D eigenvalue weighted by molar-refractivity contribution is 5.38. The standard InChI is InChI=1S/C13H15FN4O/c1-8-10(14)12(18-15)17-13(16-8)11(19-2)9-6-4-3-5-7-9/h3-7,11H,15H2,1-2H3,(H,16,17,18). The third kappa shape index (κ3) is 2.69. The van der Waals surface area contributed by atoms with Crippen molar-refractivity contribution in [2.24, 2.45) is 5.84 Å². The van der Waals surface area contributed by atoms with Gasteiger partial charge in [-0.15, -0.1) is 0 Å². The van der Waals surface area contributed by atoms with Crippen LogP contribution in [-0.4, -0.2) is 17.1 Å². The largest absolute Gasteiger partial charge is 0.369 e. The van der Waals surface area contributed by atoms with Crippen molar-refractivity contribution in [3.05, 3.63) is 53.2 Å². The van der Waals surface area contributed by atoms with E-state index in [-0.39, 0.29) is 11.5 Å². The Morgan fingerprint density at radius 3 is 2.53 bits per heavy atom. The number of hydrogen-bond acceptors (Lipinski definition) is 5. The third-order valence-electron chi connectivity index (χ3n) is 2.74. The first-order valence-electron chi connectivity index (χ1n) is 5.75. The number of methoxy groups -OCH3 is 1. The van der Waals surface area contributed by atoms with E-state index in [1.54, 1.807) is 14.0 Å². The average molecular weight is 262 g/mol. The summed E-state index contributed by atoms with van der Waals surface area (Å²) in [6.45, 7) is 1.55. The molecule has 0 bridgehead atoms. The topological polar surface area (TPSA) is 73.1 Å². The minimum Gasteiger partial charge on any atom is -0.369 e. The van der Waals surface area contributed by atoms with Crippen molar-refractivity contribution in [3.8, 4) is 0 Å². The zero-order valence-corrected chi connectivity index (χ0v) is 10.7. The summed E-state index contributed by atoms with van der Waals surface area (Å²) in [5, 5.41) is 0. The molecule has 0 amide bonds. The average Bonchev–Trinajstić information content (AvgIpc) is 2.44. The SMILES string of the molecule is COC(c1ccccc1)c1nc(C)c(F)c(NN)n1. The second kappa shape index (κ2) is 5.73. The first-order chi connectivity index (χ1) is 9.17. The molecule has 1 aromatic carbocycles. The Bertz CT molecular complexity index is 562. The molecule has 100 valence electrons. The Labute approximate surface area is 110 Å². The van der Waals surface area contributed by atoms with Gasteiger partial charge in [-0.1, -0.05) is 30.3 Å². The number of aryl methyl sites for hydroxylation is 1. The second-order valence-corrected chi connectivity index (χ2v) is 4.00. The van der Waals surface area contributed by atoms with Gasteiger partial charge in [0.25, 0.3) is 0 Å². The van der Waals surface area contributed by atoms with E-state index in [0.717, 1.165) is 5.56 Å². The van der Waals surface area contributed by atoms with Crippen LogP contribution >= 0.6 is 0 Å². The van der Waals surface area contributed by atoms with Crippen LogP contribution in [0.25, 0.3) is 0 Å². The highest BCUT2D eigenvalue weighted by Gasteiger charge is 2.19. The molecule has 0 spiro atoms. The number of hydrogen-bond donors (Lipinski definition) is 2. The van der Waals surface area contributed by atoms with Crippen molar-refractivity contribution in [2.45, 2.75) is 13.0 Å². The Hall–Kier alpha value is -2.05. The Balaban J connectivity index is 2.47. The number of nitrogens with one attached hydrogen (secondary N) is 1. The number of anilines is 1. The van der Waals surface area contributed by atoms with Crippen LogP contribution in [0.3, 0.4) is 0 Å². The van der Waals surface area contributed by atoms with Crippen molar-refractivity contribution in [2.75, 3.05) is 12.5 Å². The molecule has 0 saturated heterocycles. The summed E-state index contributed by atoms with van der Waals surface area (Å²) in [5.74, 6) is 5.01. The van der Waals surface area contributed by atoms with Gasteiger partial charge < -0.3 is 10.2 Å². The van der Waals surface area contributed by atoms with Crippen LogP contribution in [0, 0.1) is 12.7 Å². The summed E-state index contributed by atoms with van der Waals surface area (Å²) in [7, 11) is 1.55. The van der Waals surface area contributed by atoms with E-state index in [1.807, 2.05) is 30.3 Å². The van der Waals surface area contributed by atoms with Crippen LogP contribution in [0.4, 0.5) is 10.2 Å². The zero-order valence-electron chi connectivity index (χ0n) is 10.7. The lowest BCUT2D eigenvalue weighted by atomic mass is 10.1. The number of nitrogens with two attached hydrogens (primary N) is 1. The molecule has 0 saturated carbocycles. The fourth-order valence-corrected chi connectivity index (χ4v) is 1.81. The Morgan fingerprint density at radius 2 is 1.95 bits per heavy atom. The van der Waals surface area contributed by atoms with Gasteiger partial charge in [0.2, 0.25) is 0 Å². The molecule has 1 heterocycles. The molecule has 0 aliphatic rings. The van der Waals surface area contributed by atoms with Crippen molar-refractivity contribution in [1.29, 1.82) is 0 Å². The minimum atomic E-state index is -0.561. The molecule has 1 atom stereocenters. The van der Waals surface area contributed by atoms with Crippen LogP contribution in [-0.2, 0) is 4.74 Å². The molecule has 1 aromatic heterocycles. The molecule has 5 nitrogen and oxygen atoms in total. The maximum atomic E-state index is 13.6. The van der Waals surface area contributed by atoms with Gasteiger partial charge in [0, 0.05) is 7.11 Å². The molecule has 2 aromatic rings. The molecule has 19 heavy (non-hydrogen) atoms. The van der Waals surface area contributed by atoms with Gasteiger partial charge in [-0.3, -0.25) is 0 Å². The highest BCUT2D eigenvalue weighted by atomic mass is 19.1. The summed E-state index contributed by atoms with van der Waals surface area (Å²) >= 11 is 0. The van der Waals surface area contributed by atoms with E-state index in [2.05, 4.69) is 15.4 Å². The fraction of sp³-hybridized carbons (Fsp3) is 0.231. The second-order valence-electron chi connectivity index (χ2n) is 4.00. The summed E-state index contributed by atoms with van der Waals surface area (Å²) in [6, 6.07) is 9.47. The molecular formula is C13H15FN4O. The Morgan fingerprint density at radius 1 is 1.26 bits per heavy atom. The predicted octanol–water partition coefficient (Wildman–Crippen LogP) is 1.95. The van der Waals surface area contributed by atoms with Crippen molar-refractivity contribution < 1.29 is 9.13 Å². The van der Waals surface area contributed by atoms with Gasteiger partial charge in [0.15, 0.2) is 17.5 Å². The van der Waals surface area contributed by atoms with Crippen molar-refractivity contribution >= 4 is 5.82 Å². The van der Waals surface area contributed by atoms with E-state index >= 15 is 0 Å². The van der Waals surface area contributed by atoms with Crippen molar-refractivity contribution in [3.63, 3.8) is 0 Å². The molecule has 6 heteroatoms. The number of aromatic nitrogens is 2. The monoisotopic (exact) mass is 262 g/mol. The lowest BCUT2D eigenvalue weighted by Crippen LogP contribution is -2.16. The Kier molecular flexibility index (Phi) is 4.03. The summed E-state index contributed by atoms with van der Waals surface area (Å²) in [4.78, 5) is 8.17. The minimum absolute atomic E-state index is 0.0412. The first kappa shape index (κ1) is 13.4. The molecule has 0 aliphatic carbocycles. The van der Waals surface area contributed by atoms with E-state index in [9.17, 15) is 4.39 Å². The number of hydrazine groups is 1. The summed E-state index contributed by atoms with van der Waals surface area (Å²) in [6.07, 6.45) is -0.465. The summed E-state index contributed by atoms with van der Waals surface area (Å²) in [5.41, 5.74) is 3.33. The van der Waals surface area contributed by atoms with E-state index in [1.165, 1.54) is 0 Å². The van der Waals surface area contributed by atoms with Gasteiger partial charge in [-0.2, -0.15) is 0 Å². The van der Waals surface area contributed by atoms with Crippen LogP contribution in [0.1, 0.15) is 23.2 Å². The fourth-order valence-electron chi connectivity index (χ4n) is 1.81. The van der Waals surface area contributed by atoms with E-state index in [0.29, 0.717) is 5.82 Å². The van der Waals surface area contributed by atoms with Crippen molar-refractivity contribution in [1.82, 2.24) is 9.97 Å². The van der Waals surface area contributed by atoms with E-state index < -0.39 is 11.9 Å². The quantitative estimate of drug-likeness (QED) is 0.650. The molecule has 2 rings (SSSR count). The number of benzene rings is 1. The third-order valence-corrected chi connectivity index (χ3v) is 2.74. The lowest BCUT2D eigenvalue weighted by Gasteiger charge is -2.16. The molecule has 1 unspecified atom stereocenters. The number of halogens is 1. The number of rotatable bonds is 4.